The highest BCUT2D eigenvalue weighted by Gasteiger charge is 2.08. The number of carbonyl (C=O) groups is 1. The minimum Gasteiger partial charge on any atom is -0.396 e. The Morgan fingerprint density at radius 3 is 2.70 bits per heavy atom. The van der Waals surface area contributed by atoms with Crippen molar-refractivity contribution in [3.05, 3.63) is 39.9 Å². The first kappa shape index (κ1) is 16.1. The molecular formula is C14H20N2O4. The smallest absolute Gasteiger partial charge is 0.269 e. The summed E-state index contributed by atoms with van der Waals surface area (Å²) >= 11 is 0. The predicted molar refractivity (Wildman–Crippen MR) is 75.4 cm³/mol. The lowest BCUT2D eigenvalue weighted by Gasteiger charge is -2.05. The highest BCUT2D eigenvalue weighted by molar-refractivity contribution is 5.78. The highest BCUT2D eigenvalue weighted by atomic mass is 16.6. The molecule has 0 bridgehead atoms. The number of non-ortho nitro benzene ring substituents is 1. The van der Waals surface area contributed by atoms with Crippen LogP contribution >= 0.6 is 0 Å². The van der Waals surface area contributed by atoms with Crippen LogP contribution in [0.3, 0.4) is 0 Å². The van der Waals surface area contributed by atoms with Gasteiger partial charge in [-0.15, -0.1) is 0 Å². The van der Waals surface area contributed by atoms with Crippen molar-refractivity contribution in [2.75, 3.05) is 13.2 Å². The first-order valence-electron chi connectivity index (χ1n) is 6.74. The van der Waals surface area contributed by atoms with Crippen molar-refractivity contribution in [1.82, 2.24) is 5.32 Å². The molecular weight excluding hydrogens is 260 g/mol. The van der Waals surface area contributed by atoms with Crippen molar-refractivity contribution >= 4 is 11.6 Å². The molecule has 0 radical (unpaired) electrons. The summed E-state index contributed by atoms with van der Waals surface area (Å²) in [5.74, 6) is -0.132. The van der Waals surface area contributed by atoms with Crippen molar-refractivity contribution in [3.63, 3.8) is 0 Å². The number of benzene rings is 1. The molecule has 2 N–H and O–H groups in total. The van der Waals surface area contributed by atoms with Crippen molar-refractivity contribution in [2.24, 2.45) is 0 Å². The molecule has 0 fully saturated rings. The van der Waals surface area contributed by atoms with Gasteiger partial charge < -0.3 is 10.4 Å². The molecule has 0 atom stereocenters. The van der Waals surface area contributed by atoms with Gasteiger partial charge >= 0.3 is 0 Å². The van der Waals surface area contributed by atoms with E-state index in [-0.39, 0.29) is 24.6 Å². The molecule has 0 aliphatic heterocycles. The summed E-state index contributed by atoms with van der Waals surface area (Å²) in [5, 5.41) is 22.0. The predicted octanol–water partition coefficient (Wildman–Crippen LogP) is 1.81. The summed E-state index contributed by atoms with van der Waals surface area (Å²) in [7, 11) is 0. The molecule has 6 heteroatoms. The lowest BCUT2D eigenvalue weighted by molar-refractivity contribution is -0.384. The summed E-state index contributed by atoms with van der Waals surface area (Å²) in [6, 6.07) is 6.10. The van der Waals surface area contributed by atoms with Crippen LogP contribution < -0.4 is 5.32 Å². The molecule has 20 heavy (non-hydrogen) atoms. The summed E-state index contributed by atoms with van der Waals surface area (Å²) < 4.78 is 0. The van der Waals surface area contributed by atoms with Crippen LogP contribution in [-0.2, 0) is 11.2 Å². The maximum Gasteiger partial charge on any atom is 0.269 e. The number of carbonyl (C=O) groups excluding carboxylic acids is 1. The average Bonchev–Trinajstić information content (AvgIpc) is 2.43. The Morgan fingerprint density at radius 2 is 2.00 bits per heavy atom. The fraction of sp³-hybridized carbons (Fsp3) is 0.500. The molecule has 1 aromatic rings. The normalized spacial score (nSPS) is 10.2. The number of nitro groups is 1. The SMILES string of the molecule is O=C(Cc1cccc([N+](=O)[O-])c1)NCCCCCCO. The number of amides is 1. The molecule has 0 aliphatic rings. The second-order valence-corrected chi connectivity index (χ2v) is 4.59. The van der Waals surface area contributed by atoms with Gasteiger partial charge in [0.05, 0.1) is 11.3 Å². The molecule has 1 amide bonds. The maximum absolute atomic E-state index is 11.7. The Hall–Kier alpha value is -1.95. The zero-order chi connectivity index (χ0) is 14.8. The quantitative estimate of drug-likeness (QED) is 0.410. The third-order valence-corrected chi connectivity index (χ3v) is 2.89. The second kappa shape index (κ2) is 9.03. The Bertz CT molecular complexity index is 449. The standard InChI is InChI=1S/C14H20N2O4/c17-9-4-2-1-3-8-15-14(18)11-12-6-5-7-13(10-12)16(19)20/h5-7,10,17H,1-4,8-9,11H2,(H,15,18). The van der Waals surface area contributed by atoms with Crippen molar-refractivity contribution < 1.29 is 14.8 Å². The van der Waals surface area contributed by atoms with Gasteiger partial charge in [-0.05, 0) is 18.4 Å². The van der Waals surface area contributed by atoms with E-state index >= 15 is 0 Å². The molecule has 0 saturated carbocycles. The third-order valence-electron chi connectivity index (χ3n) is 2.89. The largest absolute Gasteiger partial charge is 0.396 e. The minimum atomic E-state index is -0.470. The zero-order valence-corrected chi connectivity index (χ0v) is 11.4. The number of hydrogen-bond donors (Lipinski definition) is 2. The fourth-order valence-electron chi connectivity index (χ4n) is 1.85. The van der Waals surface area contributed by atoms with Crippen molar-refractivity contribution in [1.29, 1.82) is 0 Å². The highest BCUT2D eigenvalue weighted by Crippen LogP contribution is 2.13. The third kappa shape index (κ3) is 6.29. The lowest BCUT2D eigenvalue weighted by atomic mass is 10.1. The topological polar surface area (TPSA) is 92.5 Å². The van der Waals surface area contributed by atoms with E-state index in [0.29, 0.717) is 12.1 Å². The molecule has 0 saturated heterocycles. The Kier molecular flexibility index (Phi) is 7.27. The molecule has 0 heterocycles. The van der Waals surface area contributed by atoms with E-state index in [9.17, 15) is 14.9 Å². The number of aliphatic hydroxyl groups is 1. The van der Waals surface area contributed by atoms with Gasteiger partial charge in [-0.1, -0.05) is 25.0 Å². The van der Waals surface area contributed by atoms with Crippen LogP contribution in [0.4, 0.5) is 5.69 Å². The number of rotatable bonds is 9. The molecule has 110 valence electrons. The second-order valence-electron chi connectivity index (χ2n) is 4.59. The number of unbranched alkanes of at least 4 members (excludes halogenated alkanes) is 3. The van der Waals surface area contributed by atoms with Gasteiger partial charge in [0.1, 0.15) is 0 Å². The van der Waals surface area contributed by atoms with Gasteiger partial charge in [0.15, 0.2) is 0 Å². The van der Waals surface area contributed by atoms with Crippen LogP contribution in [0.5, 0.6) is 0 Å². The van der Waals surface area contributed by atoms with E-state index in [1.54, 1.807) is 12.1 Å². The molecule has 0 aromatic heterocycles. The van der Waals surface area contributed by atoms with Gasteiger partial charge in [-0.3, -0.25) is 14.9 Å². The van der Waals surface area contributed by atoms with Gasteiger partial charge in [0.2, 0.25) is 5.91 Å². The number of aliphatic hydroxyl groups excluding tert-OH is 1. The number of nitro benzene ring substituents is 1. The molecule has 1 rings (SSSR count). The molecule has 0 aliphatic carbocycles. The van der Waals surface area contributed by atoms with E-state index in [2.05, 4.69) is 5.32 Å². The summed E-state index contributed by atoms with van der Waals surface area (Å²) in [6.07, 6.45) is 3.75. The zero-order valence-electron chi connectivity index (χ0n) is 11.4. The van der Waals surface area contributed by atoms with Gasteiger partial charge in [0.25, 0.3) is 5.69 Å². The lowest BCUT2D eigenvalue weighted by Crippen LogP contribution is -2.26. The van der Waals surface area contributed by atoms with Crippen LogP contribution in [0.2, 0.25) is 0 Å². The summed E-state index contributed by atoms with van der Waals surface area (Å²) in [6.45, 7) is 0.804. The average molecular weight is 280 g/mol. The van der Waals surface area contributed by atoms with Gasteiger partial charge in [-0.25, -0.2) is 0 Å². The Morgan fingerprint density at radius 1 is 1.25 bits per heavy atom. The van der Waals surface area contributed by atoms with Crippen molar-refractivity contribution in [3.8, 4) is 0 Å². The van der Waals surface area contributed by atoms with E-state index in [4.69, 9.17) is 5.11 Å². The van der Waals surface area contributed by atoms with Gasteiger partial charge in [-0.2, -0.15) is 0 Å². The first-order valence-corrected chi connectivity index (χ1v) is 6.74. The van der Waals surface area contributed by atoms with Crippen LogP contribution in [0.25, 0.3) is 0 Å². The minimum absolute atomic E-state index is 0.000645. The van der Waals surface area contributed by atoms with E-state index < -0.39 is 4.92 Å². The maximum atomic E-state index is 11.7. The van der Waals surface area contributed by atoms with Crippen LogP contribution in [0, 0.1) is 10.1 Å². The number of nitrogens with zero attached hydrogens (tertiary/aromatic N) is 1. The van der Waals surface area contributed by atoms with Crippen molar-refractivity contribution in [2.45, 2.75) is 32.1 Å². The fourth-order valence-corrected chi connectivity index (χ4v) is 1.85. The van der Waals surface area contributed by atoms with E-state index in [1.807, 2.05) is 0 Å². The summed E-state index contributed by atoms with van der Waals surface area (Å²) in [4.78, 5) is 21.8. The Balaban J connectivity index is 2.28. The number of hydrogen-bond acceptors (Lipinski definition) is 4. The molecule has 6 nitrogen and oxygen atoms in total. The molecule has 0 spiro atoms. The Labute approximate surface area is 118 Å². The first-order chi connectivity index (χ1) is 9.63. The number of nitrogens with one attached hydrogen (secondary N) is 1. The van der Waals surface area contributed by atoms with Crippen LogP contribution in [-0.4, -0.2) is 29.1 Å². The monoisotopic (exact) mass is 280 g/mol. The van der Waals surface area contributed by atoms with Crippen LogP contribution in [0.1, 0.15) is 31.2 Å². The van der Waals surface area contributed by atoms with E-state index in [0.717, 1.165) is 25.7 Å². The molecule has 1 aromatic carbocycles. The summed E-state index contributed by atoms with van der Waals surface area (Å²) in [5.41, 5.74) is 0.635. The van der Waals surface area contributed by atoms with Crippen LogP contribution in [0.15, 0.2) is 24.3 Å². The molecule has 0 unspecified atom stereocenters. The van der Waals surface area contributed by atoms with Gasteiger partial charge in [0, 0.05) is 25.3 Å². The van der Waals surface area contributed by atoms with E-state index in [1.165, 1.54) is 12.1 Å².